The van der Waals surface area contributed by atoms with Crippen LogP contribution >= 0.6 is 0 Å². The minimum atomic E-state index is -1.18. The summed E-state index contributed by atoms with van der Waals surface area (Å²) in [6, 6.07) is -1.02. The first-order valence-corrected chi connectivity index (χ1v) is 12.0. The van der Waals surface area contributed by atoms with Gasteiger partial charge in [0.1, 0.15) is 25.0 Å². The molecule has 1 aliphatic rings. The van der Waals surface area contributed by atoms with Crippen LogP contribution in [0, 0.1) is 5.92 Å². The van der Waals surface area contributed by atoms with Crippen LogP contribution in [0.1, 0.15) is 47.0 Å². The van der Waals surface area contributed by atoms with Crippen molar-refractivity contribution in [2.24, 2.45) is 11.7 Å². The second-order valence-corrected chi connectivity index (χ2v) is 8.48. The molecule has 0 saturated carbocycles. The Bertz CT molecular complexity index is 735. The smallest absolute Gasteiger partial charge is 0.303 e. The molecular formula is C23H39N3O10. The van der Waals surface area contributed by atoms with Gasteiger partial charge in [-0.15, -0.1) is 0 Å². The highest BCUT2D eigenvalue weighted by molar-refractivity contribution is 5.73. The van der Waals surface area contributed by atoms with Crippen molar-refractivity contribution in [3.05, 3.63) is 0 Å². The van der Waals surface area contributed by atoms with Crippen molar-refractivity contribution in [1.29, 1.82) is 0 Å². The molecule has 1 rings (SSSR count). The number of amides is 1. The summed E-state index contributed by atoms with van der Waals surface area (Å²) < 4.78 is 27.6. The number of esters is 3. The molecule has 0 aliphatic carbocycles. The summed E-state index contributed by atoms with van der Waals surface area (Å²) in [5.41, 5.74) is 5.46. The zero-order valence-corrected chi connectivity index (χ0v) is 21.4. The average Bonchev–Trinajstić information content (AvgIpc) is 2.79. The minimum absolute atomic E-state index is 0.152. The largest absolute Gasteiger partial charge is 0.463 e. The van der Waals surface area contributed by atoms with Crippen LogP contribution in [-0.4, -0.2) is 93.6 Å². The summed E-state index contributed by atoms with van der Waals surface area (Å²) in [6.45, 7) is 6.45. The van der Waals surface area contributed by atoms with E-state index >= 15 is 0 Å². The van der Waals surface area contributed by atoms with Crippen molar-refractivity contribution in [3.63, 3.8) is 0 Å². The van der Waals surface area contributed by atoms with Gasteiger partial charge < -0.3 is 44.8 Å². The highest BCUT2D eigenvalue weighted by Crippen LogP contribution is 2.28. The van der Waals surface area contributed by atoms with E-state index in [9.17, 15) is 24.0 Å². The highest BCUT2D eigenvalue weighted by atomic mass is 16.7. The second-order valence-electron chi connectivity index (χ2n) is 8.48. The number of carbonyl (C=O) groups is 5. The van der Waals surface area contributed by atoms with Gasteiger partial charge in [0, 0.05) is 46.8 Å². The van der Waals surface area contributed by atoms with Gasteiger partial charge in [-0.05, 0) is 32.4 Å². The van der Waals surface area contributed by atoms with E-state index in [0.29, 0.717) is 25.9 Å². The van der Waals surface area contributed by atoms with Gasteiger partial charge in [-0.1, -0.05) is 0 Å². The van der Waals surface area contributed by atoms with Crippen molar-refractivity contribution in [2.75, 3.05) is 32.8 Å². The lowest BCUT2D eigenvalue weighted by molar-refractivity contribution is -0.277. The fourth-order valence-corrected chi connectivity index (χ4v) is 3.71. The zero-order valence-electron chi connectivity index (χ0n) is 21.4. The summed E-state index contributed by atoms with van der Waals surface area (Å²) in [5, 5.41) is 5.81. The molecule has 0 radical (unpaired) electrons. The number of nitrogens with one attached hydrogen (secondary N) is 2. The molecule has 4 N–H and O–H groups in total. The van der Waals surface area contributed by atoms with Crippen LogP contribution in [0.25, 0.3) is 0 Å². The van der Waals surface area contributed by atoms with Crippen LogP contribution in [0.5, 0.6) is 0 Å². The molecule has 1 saturated heterocycles. The molecule has 6 atom stereocenters. The van der Waals surface area contributed by atoms with Gasteiger partial charge in [-0.25, -0.2) is 0 Å². The molecule has 206 valence electrons. The number of nitrogens with two attached hydrogens (primary N) is 1. The van der Waals surface area contributed by atoms with E-state index in [1.54, 1.807) is 0 Å². The van der Waals surface area contributed by atoms with Crippen molar-refractivity contribution in [3.8, 4) is 0 Å². The lowest BCUT2D eigenvalue weighted by atomic mass is 9.96. The molecule has 1 heterocycles. The second kappa shape index (κ2) is 17.0. The van der Waals surface area contributed by atoms with Gasteiger partial charge in [-0.2, -0.15) is 0 Å². The Morgan fingerprint density at radius 2 is 1.67 bits per heavy atom. The van der Waals surface area contributed by atoms with E-state index in [2.05, 4.69) is 10.6 Å². The molecule has 0 spiro atoms. The highest BCUT2D eigenvalue weighted by Gasteiger charge is 2.51. The average molecular weight is 518 g/mol. The molecule has 6 unspecified atom stereocenters. The van der Waals surface area contributed by atoms with E-state index < -0.39 is 54.5 Å². The van der Waals surface area contributed by atoms with Crippen molar-refractivity contribution in [1.82, 2.24) is 10.6 Å². The fourth-order valence-electron chi connectivity index (χ4n) is 3.71. The number of hydrogen-bond donors (Lipinski definition) is 3. The van der Waals surface area contributed by atoms with Crippen molar-refractivity contribution < 1.29 is 47.7 Å². The Kier molecular flexibility index (Phi) is 14.8. The Balaban J connectivity index is 2.97. The first kappa shape index (κ1) is 31.4. The Hall–Kier alpha value is -2.61. The summed E-state index contributed by atoms with van der Waals surface area (Å²) in [7, 11) is 0. The van der Waals surface area contributed by atoms with Crippen LogP contribution in [-0.2, 0) is 47.7 Å². The summed E-state index contributed by atoms with van der Waals surface area (Å²) in [5.74, 6) is -2.64. The summed E-state index contributed by atoms with van der Waals surface area (Å²) in [4.78, 5) is 58.3. The van der Waals surface area contributed by atoms with Crippen LogP contribution in [0.15, 0.2) is 0 Å². The first-order valence-electron chi connectivity index (χ1n) is 12.0. The molecule has 13 nitrogen and oxygen atoms in total. The molecule has 1 aliphatic heterocycles. The van der Waals surface area contributed by atoms with Gasteiger partial charge in [0.2, 0.25) is 5.91 Å². The van der Waals surface area contributed by atoms with Crippen LogP contribution in [0.3, 0.4) is 0 Å². The molecule has 13 heteroatoms. The van der Waals surface area contributed by atoms with Crippen molar-refractivity contribution >= 4 is 30.1 Å². The normalized spacial score (nSPS) is 24.3. The van der Waals surface area contributed by atoms with Gasteiger partial charge in [0.05, 0.1) is 0 Å². The fraction of sp³-hybridized carbons (Fsp3) is 0.783. The quantitative estimate of drug-likeness (QED) is 0.100. The Morgan fingerprint density at radius 3 is 2.22 bits per heavy atom. The maximum absolute atomic E-state index is 11.9. The van der Waals surface area contributed by atoms with Gasteiger partial charge in [-0.3, -0.25) is 19.2 Å². The topological polar surface area (TPSA) is 182 Å². The van der Waals surface area contributed by atoms with Crippen molar-refractivity contribution in [2.45, 2.75) is 77.6 Å². The monoisotopic (exact) mass is 517 g/mol. The predicted molar refractivity (Wildman–Crippen MR) is 125 cm³/mol. The third-order valence-electron chi connectivity index (χ3n) is 5.23. The standard InChI is InChI=1S/C23H39N3O10/c1-14(28)26-20-22(35-17(4)31)21(34-16(3)30)19(13-33-15(2)29)36-23(20)32-10-5-7-18(12-27)11-25-9-6-8-24/h12,18-23,25H,5-11,13,24H2,1-4H3,(H,26,28). The molecule has 36 heavy (non-hydrogen) atoms. The number of aldehydes is 1. The maximum atomic E-state index is 11.9. The lowest BCUT2D eigenvalue weighted by Gasteiger charge is -2.45. The molecule has 0 aromatic heterocycles. The third-order valence-corrected chi connectivity index (χ3v) is 5.23. The van der Waals surface area contributed by atoms with Gasteiger partial charge in [0.25, 0.3) is 0 Å². The SMILES string of the molecule is CC(=O)NC1C(OCCCC(C=O)CNCCCN)OC(COC(C)=O)C(OC(C)=O)C1OC(C)=O. The molecule has 0 aromatic carbocycles. The first-order chi connectivity index (χ1) is 17.1. The third kappa shape index (κ3) is 11.9. The van der Waals surface area contributed by atoms with E-state index in [1.165, 1.54) is 20.8 Å². The zero-order chi connectivity index (χ0) is 27.1. The van der Waals surface area contributed by atoms with E-state index in [1.807, 2.05) is 0 Å². The molecular weight excluding hydrogens is 478 g/mol. The van der Waals surface area contributed by atoms with Gasteiger partial charge in [0.15, 0.2) is 18.5 Å². The molecule has 0 bridgehead atoms. The minimum Gasteiger partial charge on any atom is -0.463 e. The lowest BCUT2D eigenvalue weighted by Crippen LogP contribution is -2.66. The summed E-state index contributed by atoms with van der Waals surface area (Å²) >= 11 is 0. The van der Waals surface area contributed by atoms with E-state index in [4.69, 9.17) is 29.4 Å². The molecule has 1 amide bonds. The number of carbonyl (C=O) groups excluding carboxylic acids is 5. The van der Waals surface area contributed by atoms with Crippen LogP contribution < -0.4 is 16.4 Å². The Morgan fingerprint density at radius 1 is 1.00 bits per heavy atom. The summed E-state index contributed by atoms with van der Waals surface area (Å²) in [6.07, 6.45) is -1.79. The van der Waals surface area contributed by atoms with E-state index in [0.717, 1.165) is 26.2 Å². The maximum Gasteiger partial charge on any atom is 0.303 e. The predicted octanol–water partition coefficient (Wildman–Crippen LogP) is -0.807. The van der Waals surface area contributed by atoms with E-state index in [-0.39, 0.29) is 19.1 Å². The number of rotatable bonds is 16. The number of ether oxygens (including phenoxy) is 5. The number of hydrogen-bond acceptors (Lipinski definition) is 12. The molecule has 1 fully saturated rings. The van der Waals surface area contributed by atoms with Crippen LogP contribution in [0.4, 0.5) is 0 Å². The molecule has 0 aromatic rings. The van der Waals surface area contributed by atoms with Gasteiger partial charge >= 0.3 is 17.9 Å². The van der Waals surface area contributed by atoms with Crippen LogP contribution in [0.2, 0.25) is 0 Å². The Labute approximate surface area is 211 Å².